The molecule has 2 heteroatoms. The molecule has 0 spiro atoms. The standard InChI is InChI=1S/C15H16OSi/c1-9-7-12(15(17)10(9)2)14-8-11-5-3-4-6-13(11)16-14/h3-8,10H,1-2,17H3. The maximum absolute atomic E-state index is 5.94. The zero-order chi connectivity index (χ0) is 12.0. The van der Waals surface area contributed by atoms with Crippen LogP contribution in [0.25, 0.3) is 16.5 Å². The molecule has 1 aliphatic rings. The summed E-state index contributed by atoms with van der Waals surface area (Å²) in [5, 5.41) is 2.73. The number of para-hydroxylation sites is 1. The minimum absolute atomic E-state index is 0.602. The lowest BCUT2D eigenvalue weighted by atomic mass is 10.1. The second kappa shape index (κ2) is 3.74. The number of hydrogen-bond donors (Lipinski definition) is 0. The van der Waals surface area contributed by atoms with Gasteiger partial charge in [0.05, 0.1) is 0 Å². The Bertz CT molecular complexity index is 613. The molecule has 86 valence electrons. The van der Waals surface area contributed by atoms with Crippen LogP contribution in [-0.4, -0.2) is 10.2 Å². The van der Waals surface area contributed by atoms with Crippen LogP contribution in [0.5, 0.6) is 0 Å². The van der Waals surface area contributed by atoms with Gasteiger partial charge in [-0.1, -0.05) is 42.0 Å². The molecule has 0 fully saturated rings. The maximum atomic E-state index is 5.94. The van der Waals surface area contributed by atoms with Crippen molar-refractivity contribution >= 4 is 26.8 Å². The van der Waals surface area contributed by atoms with Crippen molar-refractivity contribution in [3.05, 3.63) is 52.9 Å². The predicted molar refractivity (Wildman–Crippen MR) is 76.0 cm³/mol. The summed E-state index contributed by atoms with van der Waals surface area (Å²) in [5.74, 6) is 1.63. The predicted octanol–water partition coefficient (Wildman–Crippen LogP) is 3.11. The van der Waals surface area contributed by atoms with E-state index in [9.17, 15) is 0 Å². The van der Waals surface area contributed by atoms with Crippen LogP contribution < -0.4 is 0 Å². The Balaban J connectivity index is 2.17. The fourth-order valence-corrected chi connectivity index (χ4v) is 3.27. The van der Waals surface area contributed by atoms with E-state index in [2.05, 4.69) is 38.1 Å². The van der Waals surface area contributed by atoms with Crippen LogP contribution in [0.1, 0.15) is 19.6 Å². The van der Waals surface area contributed by atoms with E-state index in [4.69, 9.17) is 4.42 Å². The number of fused-ring (bicyclic) bond motifs is 1. The molecule has 1 atom stereocenters. The van der Waals surface area contributed by atoms with Gasteiger partial charge in [-0.25, -0.2) is 0 Å². The third-order valence-electron chi connectivity index (χ3n) is 3.82. The average molecular weight is 240 g/mol. The number of rotatable bonds is 1. The largest absolute Gasteiger partial charge is 0.456 e. The second-order valence-corrected chi connectivity index (χ2v) is 5.93. The summed E-state index contributed by atoms with van der Waals surface area (Å²) in [6.07, 6.45) is 2.28. The van der Waals surface area contributed by atoms with Crippen LogP contribution in [0, 0.1) is 5.92 Å². The molecule has 0 saturated carbocycles. The summed E-state index contributed by atoms with van der Waals surface area (Å²) in [6, 6.07) is 10.4. The third kappa shape index (κ3) is 1.60. The van der Waals surface area contributed by atoms with Gasteiger partial charge in [0, 0.05) is 21.2 Å². The lowest BCUT2D eigenvalue weighted by molar-refractivity contribution is 0.600. The van der Waals surface area contributed by atoms with Crippen LogP contribution in [-0.2, 0) is 0 Å². The maximum Gasteiger partial charge on any atom is 0.134 e. The fourth-order valence-electron chi connectivity index (χ4n) is 2.42. The minimum atomic E-state index is 0.602. The first-order valence-electron chi connectivity index (χ1n) is 6.04. The fraction of sp³-hybridized carbons (Fsp3) is 0.200. The molecule has 1 nitrogen and oxygen atoms in total. The normalized spacial score (nSPS) is 20.4. The van der Waals surface area contributed by atoms with E-state index in [1.54, 1.807) is 5.20 Å². The van der Waals surface area contributed by atoms with E-state index in [-0.39, 0.29) is 0 Å². The molecule has 0 N–H and O–H groups in total. The van der Waals surface area contributed by atoms with Gasteiger partial charge in [-0.05, 0) is 25.0 Å². The van der Waals surface area contributed by atoms with Crippen molar-refractivity contribution in [2.24, 2.45) is 5.92 Å². The van der Waals surface area contributed by atoms with Crippen molar-refractivity contribution in [2.75, 3.05) is 0 Å². The molecule has 0 aliphatic heterocycles. The quantitative estimate of drug-likeness (QED) is 0.698. The molecule has 0 saturated heterocycles. The van der Waals surface area contributed by atoms with E-state index >= 15 is 0 Å². The highest BCUT2D eigenvalue weighted by Gasteiger charge is 2.20. The molecule has 1 aromatic heterocycles. The number of hydrogen-bond acceptors (Lipinski definition) is 1. The van der Waals surface area contributed by atoms with E-state index in [1.165, 1.54) is 16.5 Å². The first-order valence-corrected chi connectivity index (χ1v) is 7.04. The Labute approximate surface area is 104 Å². The van der Waals surface area contributed by atoms with Gasteiger partial charge in [0.2, 0.25) is 0 Å². The van der Waals surface area contributed by atoms with Gasteiger partial charge in [-0.3, -0.25) is 0 Å². The van der Waals surface area contributed by atoms with Gasteiger partial charge in [-0.15, -0.1) is 0 Å². The highest BCUT2D eigenvalue weighted by Crippen LogP contribution is 2.36. The van der Waals surface area contributed by atoms with Crippen molar-refractivity contribution in [1.82, 2.24) is 0 Å². The van der Waals surface area contributed by atoms with Crippen molar-refractivity contribution in [3.63, 3.8) is 0 Å². The Morgan fingerprint density at radius 2 is 2.00 bits per heavy atom. The number of furan rings is 1. The van der Waals surface area contributed by atoms with Gasteiger partial charge < -0.3 is 4.42 Å². The van der Waals surface area contributed by atoms with E-state index < -0.39 is 0 Å². The first kappa shape index (κ1) is 10.6. The van der Waals surface area contributed by atoms with Gasteiger partial charge in [0.25, 0.3) is 0 Å². The van der Waals surface area contributed by atoms with Gasteiger partial charge in [0.15, 0.2) is 0 Å². The minimum Gasteiger partial charge on any atom is -0.456 e. The van der Waals surface area contributed by atoms with Crippen molar-refractivity contribution < 1.29 is 4.42 Å². The molecular formula is C15H16OSi. The van der Waals surface area contributed by atoms with E-state index in [0.717, 1.165) is 21.6 Å². The second-order valence-electron chi connectivity index (χ2n) is 4.86. The number of allylic oxidation sites excluding steroid dienone is 4. The smallest absolute Gasteiger partial charge is 0.134 e. The molecule has 3 rings (SSSR count). The molecule has 1 heterocycles. The van der Waals surface area contributed by atoms with Gasteiger partial charge in [-0.2, -0.15) is 0 Å². The molecular weight excluding hydrogens is 224 g/mol. The summed E-state index contributed by atoms with van der Waals surface area (Å²) in [4.78, 5) is 0. The van der Waals surface area contributed by atoms with Gasteiger partial charge >= 0.3 is 0 Å². The summed E-state index contributed by atoms with van der Waals surface area (Å²) in [5.41, 5.74) is 3.75. The summed E-state index contributed by atoms with van der Waals surface area (Å²) in [7, 11) is 1.10. The Morgan fingerprint density at radius 1 is 1.24 bits per heavy atom. The molecule has 0 radical (unpaired) electrons. The molecule has 1 aromatic carbocycles. The molecule has 1 unspecified atom stereocenters. The monoisotopic (exact) mass is 240 g/mol. The topological polar surface area (TPSA) is 13.1 Å². The average Bonchev–Trinajstić information content (AvgIpc) is 2.86. The zero-order valence-corrected chi connectivity index (χ0v) is 12.4. The van der Waals surface area contributed by atoms with E-state index in [0.29, 0.717) is 5.92 Å². The van der Waals surface area contributed by atoms with Crippen LogP contribution in [0.2, 0.25) is 0 Å². The van der Waals surface area contributed by atoms with Crippen molar-refractivity contribution in [2.45, 2.75) is 13.8 Å². The highest BCUT2D eigenvalue weighted by molar-refractivity contribution is 6.27. The van der Waals surface area contributed by atoms with Crippen LogP contribution >= 0.6 is 0 Å². The van der Waals surface area contributed by atoms with E-state index in [1.807, 2.05) is 12.1 Å². The lowest BCUT2D eigenvalue weighted by Gasteiger charge is -2.06. The zero-order valence-electron chi connectivity index (χ0n) is 10.4. The van der Waals surface area contributed by atoms with Crippen LogP contribution in [0.15, 0.2) is 51.6 Å². The molecule has 1 aliphatic carbocycles. The van der Waals surface area contributed by atoms with Crippen molar-refractivity contribution in [1.29, 1.82) is 0 Å². The molecule has 17 heavy (non-hydrogen) atoms. The summed E-state index contributed by atoms with van der Waals surface area (Å²) in [6.45, 7) is 4.49. The first-order chi connectivity index (χ1) is 8.16. The van der Waals surface area contributed by atoms with Crippen LogP contribution in [0.3, 0.4) is 0 Å². The summed E-state index contributed by atoms with van der Waals surface area (Å²) >= 11 is 0. The number of benzene rings is 1. The highest BCUT2D eigenvalue weighted by atomic mass is 28.1. The lowest BCUT2D eigenvalue weighted by Crippen LogP contribution is -1.96. The van der Waals surface area contributed by atoms with Crippen LogP contribution in [0.4, 0.5) is 0 Å². The molecule has 0 bridgehead atoms. The Hall–Kier alpha value is -1.54. The third-order valence-corrected chi connectivity index (χ3v) is 5.23. The SMILES string of the molecule is CC1=CC(c2cc3ccccc3o2)=C([SiH3])C1C. The Morgan fingerprint density at radius 3 is 2.65 bits per heavy atom. The van der Waals surface area contributed by atoms with Gasteiger partial charge in [0.1, 0.15) is 11.3 Å². The van der Waals surface area contributed by atoms with Crippen molar-refractivity contribution in [3.8, 4) is 0 Å². The molecule has 2 aromatic rings. The Kier molecular flexibility index (Phi) is 2.33. The molecule has 0 amide bonds. The summed E-state index contributed by atoms with van der Waals surface area (Å²) < 4.78 is 5.94.